The van der Waals surface area contributed by atoms with Crippen molar-refractivity contribution in [2.45, 2.75) is 22.7 Å². The number of Topliss-reactive ketones (excluding diaryl/α,β-unsaturated/α-hetero) is 1. The molecule has 0 spiro atoms. The summed E-state index contributed by atoms with van der Waals surface area (Å²) < 4.78 is 38.2. The van der Waals surface area contributed by atoms with Crippen LogP contribution in [0.4, 0.5) is 13.2 Å². The predicted octanol–water partition coefficient (Wildman–Crippen LogP) is 4.52. The van der Waals surface area contributed by atoms with E-state index in [-0.39, 0.29) is 6.42 Å². The third-order valence-corrected chi connectivity index (χ3v) is 4.07. The largest absolute Gasteiger partial charge is 0.451 e. The van der Waals surface area contributed by atoms with E-state index in [1.807, 2.05) is 0 Å². The van der Waals surface area contributed by atoms with Gasteiger partial charge in [0.2, 0.25) is 5.78 Å². The zero-order chi connectivity index (χ0) is 15.3. The lowest BCUT2D eigenvalue weighted by molar-refractivity contribution is -0.170. The number of benzene rings is 2. The minimum atomic E-state index is -4.82. The quantitative estimate of drug-likeness (QED) is 0.755. The third-order valence-electron chi connectivity index (χ3n) is 2.86. The van der Waals surface area contributed by atoms with E-state index in [1.54, 1.807) is 60.7 Å². The van der Waals surface area contributed by atoms with Gasteiger partial charge in [0.05, 0.1) is 5.25 Å². The molecule has 0 aliphatic carbocycles. The summed E-state index contributed by atoms with van der Waals surface area (Å²) in [4.78, 5) is 12.3. The second-order valence-electron chi connectivity index (χ2n) is 4.47. The molecule has 0 aliphatic rings. The SMILES string of the molecule is O=C(C(Cc1ccccc1)Sc1ccccc1)C(F)(F)F. The number of carbonyl (C=O) groups is 1. The summed E-state index contributed by atoms with van der Waals surface area (Å²) in [5.74, 6) is -1.69. The van der Waals surface area contributed by atoms with Gasteiger partial charge in [-0.15, -0.1) is 11.8 Å². The van der Waals surface area contributed by atoms with Gasteiger partial charge in [-0.2, -0.15) is 13.2 Å². The molecule has 21 heavy (non-hydrogen) atoms. The maximum Gasteiger partial charge on any atom is 0.451 e. The van der Waals surface area contributed by atoms with Crippen LogP contribution in [-0.4, -0.2) is 17.2 Å². The molecule has 0 aromatic heterocycles. The van der Waals surface area contributed by atoms with E-state index < -0.39 is 17.2 Å². The van der Waals surface area contributed by atoms with E-state index in [1.165, 1.54) is 0 Å². The molecule has 0 N–H and O–H groups in total. The first-order valence-corrected chi connectivity index (χ1v) is 7.21. The van der Waals surface area contributed by atoms with E-state index in [2.05, 4.69) is 0 Å². The average molecular weight is 310 g/mol. The standard InChI is InChI=1S/C16H13F3OS/c17-16(18,19)15(20)14(11-12-7-3-1-4-8-12)21-13-9-5-2-6-10-13/h1-10,14H,11H2. The first kappa shape index (κ1) is 15.6. The molecule has 0 radical (unpaired) electrons. The maximum absolute atomic E-state index is 12.7. The van der Waals surface area contributed by atoms with E-state index >= 15 is 0 Å². The monoisotopic (exact) mass is 310 g/mol. The van der Waals surface area contributed by atoms with Crippen molar-refractivity contribution in [3.63, 3.8) is 0 Å². The maximum atomic E-state index is 12.7. The Morgan fingerprint density at radius 2 is 1.48 bits per heavy atom. The van der Waals surface area contributed by atoms with Crippen LogP contribution in [-0.2, 0) is 11.2 Å². The Bertz CT molecular complexity index is 540. The Morgan fingerprint density at radius 3 is 2.00 bits per heavy atom. The summed E-state index contributed by atoms with van der Waals surface area (Å²) in [5.41, 5.74) is 0.712. The van der Waals surface area contributed by atoms with E-state index in [9.17, 15) is 18.0 Å². The lowest BCUT2D eigenvalue weighted by atomic mass is 10.1. The van der Waals surface area contributed by atoms with Crippen molar-refractivity contribution in [1.82, 2.24) is 0 Å². The molecule has 2 aromatic rings. The smallest absolute Gasteiger partial charge is 0.288 e. The molecule has 1 unspecified atom stereocenters. The topological polar surface area (TPSA) is 17.1 Å². The van der Waals surface area contributed by atoms with Crippen molar-refractivity contribution >= 4 is 17.5 Å². The number of hydrogen-bond donors (Lipinski definition) is 0. The Labute approximate surface area is 125 Å². The highest BCUT2D eigenvalue weighted by Gasteiger charge is 2.43. The summed E-state index contributed by atoms with van der Waals surface area (Å²) in [6, 6.07) is 17.4. The Hall–Kier alpha value is -1.75. The van der Waals surface area contributed by atoms with Crippen LogP contribution in [0.3, 0.4) is 0 Å². The van der Waals surface area contributed by atoms with Gasteiger partial charge < -0.3 is 0 Å². The molecule has 2 rings (SSSR count). The van der Waals surface area contributed by atoms with Crippen molar-refractivity contribution in [2.75, 3.05) is 0 Å². The molecule has 0 saturated heterocycles. The Balaban J connectivity index is 2.20. The number of carbonyl (C=O) groups excluding carboxylic acids is 1. The van der Waals surface area contributed by atoms with Crippen LogP contribution in [0, 0.1) is 0 Å². The normalized spacial score (nSPS) is 12.9. The fourth-order valence-corrected chi connectivity index (χ4v) is 3.02. The second kappa shape index (κ2) is 6.80. The zero-order valence-electron chi connectivity index (χ0n) is 11.0. The molecular formula is C16H13F3OS. The molecule has 0 bridgehead atoms. The first-order chi connectivity index (χ1) is 9.97. The van der Waals surface area contributed by atoms with Gasteiger partial charge in [0.1, 0.15) is 0 Å². The molecule has 2 aromatic carbocycles. The van der Waals surface area contributed by atoms with E-state index in [4.69, 9.17) is 0 Å². The van der Waals surface area contributed by atoms with Gasteiger partial charge in [-0.05, 0) is 24.1 Å². The predicted molar refractivity (Wildman–Crippen MR) is 77.3 cm³/mol. The molecule has 1 atom stereocenters. The Morgan fingerprint density at radius 1 is 0.952 bits per heavy atom. The van der Waals surface area contributed by atoms with Gasteiger partial charge in [-0.3, -0.25) is 4.79 Å². The van der Waals surface area contributed by atoms with E-state index in [0.717, 1.165) is 11.8 Å². The zero-order valence-corrected chi connectivity index (χ0v) is 11.8. The second-order valence-corrected chi connectivity index (χ2v) is 5.75. The highest BCUT2D eigenvalue weighted by molar-refractivity contribution is 8.00. The first-order valence-electron chi connectivity index (χ1n) is 6.33. The number of ketones is 1. The summed E-state index contributed by atoms with van der Waals surface area (Å²) in [5, 5.41) is -1.17. The van der Waals surface area contributed by atoms with Crippen LogP contribution in [0.15, 0.2) is 65.6 Å². The van der Waals surface area contributed by atoms with Gasteiger partial charge >= 0.3 is 6.18 Å². The minimum absolute atomic E-state index is 0.0543. The lowest BCUT2D eigenvalue weighted by Crippen LogP contribution is -2.33. The lowest BCUT2D eigenvalue weighted by Gasteiger charge is -2.17. The molecule has 110 valence electrons. The Kier molecular flexibility index (Phi) is 5.07. The number of alkyl halides is 3. The molecular weight excluding hydrogens is 297 g/mol. The number of thioether (sulfide) groups is 1. The fraction of sp³-hybridized carbons (Fsp3) is 0.188. The van der Waals surface area contributed by atoms with Gasteiger partial charge in [0, 0.05) is 4.90 Å². The third kappa shape index (κ3) is 4.63. The van der Waals surface area contributed by atoms with Crippen LogP contribution in [0.5, 0.6) is 0 Å². The van der Waals surface area contributed by atoms with Gasteiger partial charge in [0.15, 0.2) is 0 Å². The fourth-order valence-electron chi connectivity index (χ4n) is 1.86. The molecule has 5 heteroatoms. The minimum Gasteiger partial charge on any atom is -0.288 e. The molecule has 0 saturated carbocycles. The van der Waals surface area contributed by atoms with Crippen LogP contribution in [0.1, 0.15) is 5.56 Å². The van der Waals surface area contributed by atoms with Gasteiger partial charge in [-0.25, -0.2) is 0 Å². The van der Waals surface area contributed by atoms with Gasteiger partial charge in [0.25, 0.3) is 0 Å². The van der Waals surface area contributed by atoms with Gasteiger partial charge in [-0.1, -0.05) is 48.5 Å². The summed E-state index contributed by atoms with van der Waals surface area (Å²) in [7, 11) is 0. The van der Waals surface area contributed by atoms with Crippen molar-refractivity contribution in [1.29, 1.82) is 0 Å². The number of hydrogen-bond acceptors (Lipinski definition) is 2. The number of halogens is 3. The van der Waals surface area contributed by atoms with Crippen molar-refractivity contribution in [3.8, 4) is 0 Å². The summed E-state index contributed by atoms with van der Waals surface area (Å²) in [6.07, 6.45) is -4.76. The van der Waals surface area contributed by atoms with Crippen LogP contribution < -0.4 is 0 Å². The molecule has 0 aliphatic heterocycles. The summed E-state index contributed by atoms with van der Waals surface area (Å²) >= 11 is 0.949. The van der Waals surface area contributed by atoms with Crippen molar-refractivity contribution in [2.24, 2.45) is 0 Å². The molecule has 0 amide bonds. The van der Waals surface area contributed by atoms with Crippen molar-refractivity contribution in [3.05, 3.63) is 66.2 Å². The van der Waals surface area contributed by atoms with Crippen LogP contribution in [0.2, 0.25) is 0 Å². The highest BCUT2D eigenvalue weighted by Crippen LogP contribution is 2.31. The summed E-state index contributed by atoms with van der Waals surface area (Å²) in [6.45, 7) is 0. The van der Waals surface area contributed by atoms with E-state index in [0.29, 0.717) is 10.5 Å². The molecule has 0 fully saturated rings. The molecule has 0 heterocycles. The molecule has 1 nitrogen and oxygen atoms in total. The highest BCUT2D eigenvalue weighted by atomic mass is 32.2. The van der Waals surface area contributed by atoms with Crippen LogP contribution >= 0.6 is 11.8 Å². The van der Waals surface area contributed by atoms with Crippen LogP contribution in [0.25, 0.3) is 0 Å². The number of rotatable bonds is 5. The average Bonchev–Trinajstić information content (AvgIpc) is 2.47. The van der Waals surface area contributed by atoms with Crippen molar-refractivity contribution < 1.29 is 18.0 Å².